The number of hydrogen-bond acceptors (Lipinski definition) is 19. The largest absolute Gasteiger partial charge is 1.00 e. The van der Waals surface area contributed by atoms with E-state index in [1.807, 2.05) is 60.7 Å². The zero-order valence-corrected chi connectivity index (χ0v) is 72.3. The van der Waals surface area contributed by atoms with Crippen molar-refractivity contribution in [3.63, 3.8) is 0 Å². The third-order valence-electron chi connectivity index (χ3n) is 14.8. The topological polar surface area (TPSA) is 336 Å². The van der Waals surface area contributed by atoms with Crippen LogP contribution in [0.3, 0.4) is 0 Å². The molecular formula is C73H139Cl3N5NaO17S5. The number of unbranched alkanes of at least 4 members (excludes halogenated alkanes) is 24. The molecule has 4 N–H and O–H groups in total. The van der Waals surface area contributed by atoms with Crippen LogP contribution in [0.15, 0.2) is 60.7 Å². The Kier molecular flexibility index (Phi) is 92.4. The van der Waals surface area contributed by atoms with E-state index < -0.39 is 66.6 Å². The third-order valence-corrected chi connectivity index (χ3v) is 18.9. The first-order valence-corrected chi connectivity index (χ1v) is 47.1. The number of nitrogens with zero attached hydrogens (tertiary/aromatic N) is 3. The monoisotopic (exact) mass is 1650 g/mol. The van der Waals surface area contributed by atoms with Gasteiger partial charge < -0.3 is 39.6 Å². The molecule has 610 valence electrons. The van der Waals surface area contributed by atoms with Crippen molar-refractivity contribution < 1.29 is 106 Å². The second kappa shape index (κ2) is 85.1. The standard InChI is InChI=1S/C20H32ClNO4S.C20H33NO5S.C12H27NO3S.C9H21N.C4H8O.C3H6O3S.C2H3N.C2H6.CH4.Cl2OS.Na/c1-2-3-4-5-6-7-11-15-22(16-12-17-27(21,24)25)20(23)26-18-19-13-9-8-10-14-19;1-2-3-4-5-6-7-11-15-21(16-12-17-27(23,24)25)20(22)26-18-19-13-9-8-10-14-19;1-2-3-4-5-6-7-8-10-13-11-9-12-17(14,15)16;1-2-3-4-5-6-7-8-9-10;1-2-4-5-3-1;4-7(5)3-1-2-6-7;1-2-3;1-2;;1-4(2)3;/h8-10,13-14H,2-7,11-12,15-18H2,1H3;8-10,13-14H,2-7,11-12,15-18H2,1H3,(H,23,24,25);13H,2-12H2,1H3,(H,14,15,16);2-10H2,1H3;1-4H2;1-3H2;1H3;1-2H3;1H4;;/q;;;;;;;;;;+1/p-1/i;;;;;;;1D;;;. The van der Waals surface area contributed by atoms with E-state index >= 15 is 0 Å². The van der Waals surface area contributed by atoms with Gasteiger partial charge in [0.1, 0.15) is 13.2 Å². The van der Waals surface area contributed by atoms with Gasteiger partial charge in [-0.3, -0.25) is 8.74 Å². The van der Waals surface area contributed by atoms with E-state index in [0.29, 0.717) is 58.9 Å². The number of ether oxygens (including phenoxy) is 3. The fourth-order valence-electron chi connectivity index (χ4n) is 9.39. The average Bonchev–Trinajstić information content (AvgIpc) is 1.64. The molecular weight excluding hydrogens is 1510 g/mol. The fraction of sp³-hybridized carbons (Fsp3) is 0.795. The maximum Gasteiger partial charge on any atom is 1.00 e. The molecule has 2 aliphatic rings. The van der Waals surface area contributed by atoms with Crippen molar-refractivity contribution >= 4 is 92.9 Å². The summed E-state index contributed by atoms with van der Waals surface area (Å²) in [4.78, 5) is 27.9. The number of nitriles is 1. The number of nitrogens with one attached hydrogen (secondary N) is 1. The molecule has 104 heavy (non-hydrogen) atoms. The first kappa shape index (κ1) is 113. The maximum absolute atomic E-state index is 12.4. The molecule has 2 heterocycles. The van der Waals surface area contributed by atoms with Gasteiger partial charge >= 0.3 is 41.7 Å². The summed E-state index contributed by atoms with van der Waals surface area (Å²) in [7, 11) is -2.01. The van der Waals surface area contributed by atoms with E-state index in [-0.39, 0.29) is 80.4 Å². The Hall–Kier alpha value is -1.95. The summed E-state index contributed by atoms with van der Waals surface area (Å²) in [6, 6.07) is 20.6. The third kappa shape index (κ3) is 100. The summed E-state index contributed by atoms with van der Waals surface area (Å²) < 4.78 is 140. The van der Waals surface area contributed by atoms with E-state index in [4.69, 9.17) is 46.0 Å². The molecule has 0 aliphatic carbocycles. The predicted octanol–water partition coefficient (Wildman–Crippen LogP) is 15.7. The second-order valence-electron chi connectivity index (χ2n) is 24.1. The smallest absolute Gasteiger partial charge is 0.748 e. The molecule has 4 rings (SSSR count). The zero-order chi connectivity index (χ0) is 78.4. The van der Waals surface area contributed by atoms with Crippen molar-refractivity contribution in [1.29, 1.82) is 5.26 Å². The van der Waals surface area contributed by atoms with Crippen molar-refractivity contribution in [2.24, 2.45) is 5.73 Å². The van der Waals surface area contributed by atoms with Gasteiger partial charge in [0, 0.05) is 85.5 Å². The minimum Gasteiger partial charge on any atom is -0.748 e. The number of nitrogens with two attached hydrogens (primary N) is 1. The van der Waals surface area contributed by atoms with Crippen LogP contribution in [0.25, 0.3) is 0 Å². The molecule has 0 spiro atoms. The van der Waals surface area contributed by atoms with Gasteiger partial charge in [0.2, 0.25) is 18.3 Å². The maximum atomic E-state index is 12.4. The van der Waals surface area contributed by atoms with Crippen LogP contribution >= 0.6 is 32.0 Å². The van der Waals surface area contributed by atoms with Gasteiger partial charge in [-0.15, -0.1) is 0 Å². The number of amides is 2. The van der Waals surface area contributed by atoms with Crippen LogP contribution in [-0.4, -0.2) is 158 Å². The van der Waals surface area contributed by atoms with Crippen LogP contribution in [0.4, 0.5) is 9.59 Å². The Morgan fingerprint density at radius 3 is 1.22 bits per heavy atom. The fourth-order valence-corrected chi connectivity index (χ4v) is 12.1. The van der Waals surface area contributed by atoms with Gasteiger partial charge in [-0.05, 0) is 95.0 Å². The number of halogens is 3. The summed E-state index contributed by atoms with van der Waals surface area (Å²) in [6.45, 7) is 19.4. The van der Waals surface area contributed by atoms with Crippen LogP contribution < -0.4 is 40.6 Å². The summed E-state index contributed by atoms with van der Waals surface area (Å²) in [5, 5.41) is 10.5. The van der Waals surface area contributed by atoms with Gasteiger partial charge in [0.05, 0.1) is 40.1 Å². The summed E-state index contributed by atoms with van der Waals surface area (Å²) in [5.41, 5.74) is 7.18. The molecule has 2 aliphatic heterocycles. The normalized spacial score (nSPS) is 12.4. The molecule has 0 radical (unpaired) electrons. The predicted molar refractivity (Wildman–Crippen MR) is 428 cm³/mol. The molecule has 2 fully saturated rings. The van der Waals surface area contributed by atoms with Crippen LogP contribution in [-0.2, 0) is 80.2 Å². The van der Waals surface area contributed by atoms with Gasteiger partial charge in [0.25, 0.3) is 20.2 Å². The minimum absolute atomic E-state index is 0. The number of hydrogen-bond donors (Lipinski definition) is 3. The van der Waals surface area contributed by atoms with Crippen LogP contribution in [0.5, 0.6) is 0 Å². The van der Waals surface area contributed by atoms with Gasteiger partial charge in [0.15, 0.2) is 0 Å². The first-order chi connectivity index (χ1) is 49.1. The minimum atomic E-state index is -4.27. The van der Waals surface area contributed by atoms with Crippen molar-refractivity contribution in [3.05, 3.63) is 71.8 Å². The summed E-state index contributed by atoms with van der Waals surface area (Å²) in [5.74, 6) is -0.551. The van der Waals surface area contributed by atoms with E-state index in [1.54, 1.807) is 17.9 Å². The molecule has 2 saturated heterocycles. The molecule has 22 nitrogen and oxygen atoms in total. The molecule has 0 aromatic heterocycles. The zero-order valence-electron chi connectivity index (χ0n) is 64.9. The molecule has 2 amide bonds. The molecule has 0 saturated carbocycles. The number of carbonyl (C=O) groups excluding carboxylic acids is 2. The molecule has 0 atom stereocenters. The molecule has 0 bridgehead atoms. The van der Waals surface area contributed by atoms with Gasteiger partial charge in [-0.2, -0.15) is 22.1 Å². The van der Waals surface area contributed by atoms with E-state index in [2.05, 4.69) is 58.6 Å². The average molecular weight is 1650 g/mol. The van der Waals surface area contributed by atoms with Crippen molar-refractivity contribution in [1.82, 2.24) is 15.1 Å². The number of carbonyl (C=O) groups is 2. The Morgan fingerprint density at radius 2 is 0.933 bits per heavy atom. The molecule has 2 aromatic rings. The van der Waals surface area contributed by atoms with Gasteiger partial charge in [-0.1, -0.05) is 264 Å². The second-order valence-corrected chi connectivity index (χ2v) is 34.4. The Balaban J connectivity index is -0.000000227. The number of benzene rings is 2. The van der Waals surface area contributed by atoms with Crippen molar-refractivity contribution in [2.45, 2.75) is 287 Å². The quantitative estimate of drug-likeness (QED) is 0.0182. The Morgan fingerprint density at radius 1 is 0.606 bits per heavy atom. The van der Waals surface area contributed by atoms with E-state index in [1.165, 1.54) is 160 Å². The van der Waals surface area contributed by atoms with Gasteiger partial charge in [-0.25, -0.2) is 30.6 Å². The first-order valence-electron chi connectivity index (χ1n) is 37.7. The van der Waals surface area contributed by atoms with Crippen LogP contribution in [0.1, 0.15) is 287 Å². The Labute approximate surface area is 673 Å². The Bertz CT molecular complexity index is 2590. The molecule has 0 unspecified atom stereocenters. The van der Waals surface area contributed by atoms with Crippen LogP contribution in [0.2, 0.25) is 0 Å². The van der Waals surface area contributed by atoms with Crippen molar-refractivity contribution in [3.8, 4) is 6.07 Å². The summed E-state index contributed by atoms with van der Waals surface area (Å²) in [6.07, 6.45) is 37.7. The van der Waals surface area contributed by atoms with E-state index in [0.717, 1.165) is 82.4 Å². The number of rotatable bonds is 47. The van der Waals surface area contributed by atoms with E-state index in [9.17, 15) is 47.8 Å². The van der Waals surface area contributed by atoms with Crippen molar-refractivity contribution in [2.75, 3.05) is 88.6 Å². The molecule has 2 aromatic carbocycles. The van der Waals surface area contributed by atoms with Crippen LogP contribution in [0, 0.1) is 11.3 Å². The molecule has 31 heteroatoms. The summed E-state index contributed by atoms with van der Waals surface area (Å²) >= 11 is 0. The SMILES string of the molecule is C.C1CCOC1.CC#N.CCCCCCCCCN.CCCCCCCCCN(CCCS(=O)(=O)Cl)C(=O)OCc1ccccc1.CCCCCCCCCN(CCCS(=O)(=O)[O-])C(=O)OCc1ccccc1.CCCCCCCCCNCCCS(=O)(=O)O.O=S(Cl)Cl.O=S1(=O)CCCO1.[2H]CC.[Na+].